The van der Waals surface area contributed by atoms with Crippen molar-refractivity contribution in [1.29, 1.82) is 0 Å². The summed E-state index contributed by atoms with van der Waals surface area (Å²) >= 11 is 0. The Balaban J connectivity index is 1.80. The van der Waals surface area contributed by atoms with Gasteiger partial charge in [0, 0.05) is 11.1 Å². The van der Waals surface area contributed by atoms with E-state index >= 15 is 0 Å². The molecule has 0 N–H and O–H groups in total. The predicted octanol–water partition coefficient (Wildman–Crippen LogP) is 2.83. The minimum absolute atomic E-state index is 0.119. The van der Waals surface area contributed by atoms with E-state index in [-0.39, 0.29) is 26.1 Å². The van der Waals surface area contributed by atoms with Crippen LogP contribution >= 0.6 is 0 Å². The van der Waals surface area contributed by atoms with Gasteiger partial charge in [-0.2, -0.15) is 0 Å². The Morgan fingerprint density at radius 2 is 1.00 bits per heavy atom. The fourth-order valence-electron chi connectivity index (χ4n) is 2.58. The Labute approximate surface area is 173 Å². The lowest BCUT2D eigenvalue weighted by Gasteiger charge is -2.10. The molecule has 0 saturated heterocycles. The highest BCUT2D eigenvalue weighted by atomic mass is 16.5. The Hall–Kier alpha value is -3.68. The molecule has 8 heteroatoms. The third kappa shape index (κ3) is 6.44. The van der Waals surface area contributed by atoms with E-state index in [0.717, 1.165) is 0 Å². The minimum Gasteiger partial charge on any atom is -0.465 e. The summed E-state index contributed by atoms with van der Waals surface area (Å²) < 4.78 is 19.6. The molecule has 0 unspecified atom stereocenters. The summed E-state index contributed by atoms with van der Waals surface area (Å²) in [6.45, 7) is -0.239. The van der Waals surface area contributed by atoms with Crippen LogP contribution in [0.1, 0.15) is 44.7 Å². The molecule has 0 aliphatic heterocycles. The molecule has 0 amide bonds. The monoisotopic (exact) mass is 414 g/mol. The van der Waals surface area contributed by atoms with E-state index in [0.29, 0.717) is 22.3 Å². The van der Waals surface area contributed by atoms with Crippen molar-refractivity contribution >= 4 is 23.9 Å². The molecule has 0 bridgehead atoms. The van der Waals surface area contributed by atoms with Crippen molar-refractivity contribution < 1.29 is 38.1 Å². The second-order valence-electron chi connectivity index (χ2n) is 6.12. The SMILES string of the molecule is COC(=O)c1ccccc1COC(=O)CCC(=O)OCc1ccccc1C(=O)OC. The van der Waals surface area contributed by atoms with Gasteiger partial charge >= 0.3 is 23.9 Å². The molecule has 8 nitrogen and oxygen atoms in total. The summed E-state index contributed by atoms with van der Waals surface area (Å²) in [5, 5.41) is 0. The summed E-state index contributed by atoms with van der Waals surface area (Å²) in [5.74, 6) is -2.28. The maximum Gasteiger partial charge on any atom is 0.338 e. The molecule has 30 heavy (non-hydrogen) atoms. The Kier molecular flexibility index (Phi) is 8.56. The van der Waals surface area contributed by atoms with Crippen molar-refractivity contribution in [3.63, 3.8) is 0 Å². The molecule has 0 atom stereocenters. The molecule has 2 aromatic rings. The summed E-state index contributed by atoms with van der Waals surface area (Å²) in [4.78, 5) is 47.3. The van der Waals surface area contributed by atoms with Gasteiger partial charge < -0.3 is 18.9 Å². The maximum absolute atomic E-state index is 11.9. The van der Waals surface area contributed by atoms with Crippen LogP contribution in [0.5, 0.6) is 0 Å². The number of carbonyl (C=O) groups is 4. The fourth-order valence-corrected chi connectivity index (χ4v) is 2.58. The van der Waals surface area contributed by atoms with E-state index in [1.807, 2.05) is 0 Å². The van der Waals surface area contributed by atoms with Gasteiger partial charge in [0.1, 0.15) is 13.2 Å². The zero-order chi connectivity index (χ0) is 21.9. The van der Waals surface area contributed by atoms with Crippen molar-refractivity contribution in [3.8, 4) is 0 Å². The van der Waals surface area contributed by atoms with Crippen molar-refractivity contribution in [2.24, 2.45) is 0 Å². The molecule has 2 aromatic carbocycles. The molecule has 0 fully saturated rings. The number of methoxy groups -OCH3 is 2. The summed E-state index contributed by atoms with van der Waals surface area (Å²) in [7, 11) is 2.53. The van der Waals surface area contributed by atoms with E-state index in [1.54, 1.807) is 48.5 Å². The van der Waals surface area contributed by atoms with Gasteiger partial charge in [-0.3, -0.25) is 9.59 Å². The van der Waals surface area contributed by atoms with Crippen LogP contribution in [0.25, 0.3) is 0 Å². The van der Waals surface area contributed by atoms with Gasteiger partial charge in [-0.25, -0.2) is 9.59 Å². The topological polar surface area (TPSA) is 105 Å². The largest absolute Gasteiger partial charge is 0.465 e. The van der Waals surface area contributed by atoms with Gasteiger partial charge in [-0.1, -0.05) is 36.4 Å². The van der Waals surface area contributed by atoms with Crippen molar-refractivity contribution in [2.45, 2.75) is 26.1 Å². The molecule has 0 heterocycles. The lowest BCUT2D eigenvalue weighted by atomic mass is 10.1. The smallest absolute Gasteiger partial charge is 0.338 e. The van der Waals surface area contributed by atoms with Crippen LogP contribution in [0.2, 0.25) is 0 Å². The van der Waals surface area contributed by atoms with Crippen LogP contribution in [-0.2, 0) is 41.8 Å². The zero-order valence-electron chi connectivity index (χ0n) is 16.7. The number of hydrogen-bond donors (Lipinski definition) is 0. The quantitative estimate of drug-likeness (QED) is 0.456. The zero-order valence-corrected chi connectivity index (χ0v) is 16.7. The lowest BCUT2D eigenvalue weighted by molar-refractivity contribution is -0.151. The number of esters is 4. The van der Waals surface area contributed by atoms with Gasteiger partial charge in [0.25, 0.3) is 0 Å². The standard InChI is InChI=1S/C22H22O8/c1-27-21(25)17-9-5-3-7-15(17)13-29-19(23)11-12-20(24)30-14-16-8-4-6-10-18(16)22(26)28-2/h3-10H,11-14H2,1-2H3. The van der Waals surface area contributed by atoms with Crippen LogP contribution in [0.4, 0.5) is 0 Å². The van der Waals surface area contributed by atoms with Gasteiger partial charge in [0.15, 0.2) is 0 Å². The van der Waals surface area contributed by atoms with Crippen LogP contribution in [0.3, 0.4) is 0 Å². The highest BCUT2D eigenvalue weighted by Crippen LogP contribution is 2.14. The van der Waals surface area contributed by atoms with E-state index in [1.165, 1.54) is 14.2 Å². The first kappa shape index (κ1) is 22.6. The second-order valence-corrected chi connectivity index (χ2v) is 6.12. The van der Waals surface area contributed by atoms with Crippen LogP contribution in [-0.4, -0.2) is 38.1 Å². The van der Waals surface area contributed by atoms with E-state index in [9.17, 15) is 19.2 Å². The average molecular weight is 414 g/mol. The number of carbonyl (C=O) groups excluding carboxylic acids is 4. The maximum atomic E-state index is 11.9. The van der Waals surface area contributed by atoms with Crippen molar-refractivity contribution in [3.05, 3.63) is 70.8 Å². The van der Waals surface area contributed by atoms with Crippen molar-refractivity contribution in [2.75, 3.05) is 14.2 Å². The lowest BCUT2D eigenvalue weighted by Crippen LogP contribution is -2.13. The second kappa shape index (κ2) is 11.4. The highest BCUT2D eigenvalue weighted by molar-refractivity contribution is 5.91. The molecule has 0 aromatic heterocycles. The number of ether oxygens (including phenoxy) is 4. The molecule has 158 valence electrons. The fraction of sp³-hybridized carbons (Fsp3) is 0.273. The Morgan fingerprint density at radius 1 is 0.633 bits per heavy atom. The first-order chi connectivity index (χ1) is 14.5. The minimum atomic E-state index is -0.610. The highest BCUT2D eigenvalue weighted by Gasteiger charge is 2.15. The van der Waals surface area contributed by atoms with Crippen LogP contribution < -0.4 is 0 Å². The molecule has 0 radical (unpaired) electrons. The first-order valence-electron chi connectivity index (χ1n) is 9.10. The molecular formula is C22H22O8. The normalized spacial score (nSPS) is 10.1. The van der Waals surface area contributed by atoms with Gasteiger partial charge in [-0.15, -0.1) is 0 Å². The number of rotatable bonds is 9. The van der Waals surface area contributed by atoms with Gasteiger partial charge in [0.05, 0.1) is 38.2 Å². The predicted molar refractivity (Wildman–Crippen MR) is 104 cm³/mol. The average Bonchev–Trinajstić information content (AvgIpc) is 2.79. The summed E-state index contributed by atoms with van der Waals surface area (Å²) in [6.07, 6.45) is -0.365. The summed E-state index contributed by atoms with van der Waals surface area (Å²) in [6, 6.07) is 13.2. The van der Waals surface area contributed by atoms with E-state index < -0.39 is 23.9 Å². The van der Waals surface area contributed by atoms with Gasteiger partial charge in [0.2, 0.25) is 0 Å². The Bertz CT molecular complexity index is 843. The third-order valence-electron chi connectivity index (χ3n) is 4.16. The molecule has 2 rings (SSSR count). The Morgan fingerprint density at radius 3 is 1.37 bits per heavy atom. The number of benzene rings is 2. The first-order valence-corrected chi connectivity index (χ1v) is 9.10. The third-order valence-corrected chi connectivity index (χ3v) is 4.16. The van der Waals surface area contributed by atoms with Crippen molar-refractivity contribution in [1.82, 2.24) is 0 Å². The molecule has 0 saturated carbocycles. The molecule has 0 aliphatic rings. The van der Waals surface area contributed by atoms with E-state index in [4.69, 9.17) is 9.47 Å². The van der Waals surface area contributed by atoms with Crippen LogP contribution in [0, 0.1) is 0 Å². The van der Waals surface area contributed by atoms with Crippen LogP contribution in [0.15, 0.2) is 48.5 Å². The van der Waals surface area contributed by atoms with Gasteiger partial charge in [-0.05, 0) is 12.1 Å². The van der Waals surface area contributed by atoms with E-state index in [2.05, 4.69) is 9.47 Å². The molecular weight excluding hydrogens is 392 g/mol. The summed E-state index contributed by atoms with van der Waals surface area (Å²) in [5.41, 5.74) is 1.60. The molecule has 0 spiro atoms. The molecule has 0 aliphatic carbocycles. The number of hydrogen-bond acceptors (Lipinski definition) is 8.